The molecule has 0 saturated carbocycles. The second-order valence-corrected chi connectivity index (χ2v) is 8.54. The summed E-state index contributed by atoms with van der Waals surface area (Å²) < 4.78 is 11.8. The molecule has 3 aliphatic rings. The summed E-state index contributed by atoms with van der Waals surface area (Å²) in [5.74, 6) is -2.61. The van der Waals surface area contributed by atoms with Crippen molar-refractivity contribution in [3.05, 3.63) is 35.9 Å². The van der Waals surface area contributed by atoms with E-state index >= 15 is 0 Å². The molecule has 2 bridgehead atoms. The maximum absolute atomic E-state index is 13.5. The van der Waals surface area contributed by atoms with Gasteiger partial charge in [0.2, 0.25) is 11.8 Å². The lowest BCUT2D eigenvalue weighted by atomic mass is 9.65. The van der Waals surface area contributed by atoms with Crippen molar-refractivity contribution in [1.82, 2.24) is 10.2 Å². The van der Waals surface area contributed by atoms with Crippen LogP contribution in [0.1, 0.15) is 38.7 Å². The van der Waals surface area contributed by atoms with Crippen molar-refractivity contribution >= 4 is 17.8 Å². The van der Waals surface area contributed by atoms with E-state index in [1.165, 1.54) is 4.90 Å². The van der Waals surface area contributed by atoms with Gasteiger partial charge < -0.3 is 24.8 Å². The van der Waals surface area contributed by atoms with Crippen LogP contribution in [0.3, 0.4) is 0 Å². The van der Waals surface area contributed by atoms with E-state index in [0.717, 1.165) is 5.56 Å². The Bertz CT molecular complexity index is 861. The first-order chi connectivity index (χ1) is 14.9. The van der Waals surface area contributed by atoms with Gasteiger partial charge in [0.25, 0.3) is 0 Å². The number of hydrogen-bond acceptors (Lipinski definition) is 6. The van der Waals surface area contributed by atoms with Crippen molar-refractivity contribution in [3.8, 4) is 0 Å². The summed E-state index contributed by atoms with van der Waals surface area (Å²) in [4.78, 5) is 41.2. The van der Waals surface area contributed by atoms with Crippen LogP contribution in [0.2, 0.25) is 0 Å². The third-order valence-corrected chi connectivity index (χ3v) is 7.12. The first-order valence-electron chi connectivity index (χ1n) is 11.0. The van der Waals surface area contributed by atoms with Gasteiger partial charge >= 0.3 is 5.97 Å². The van der Waals surface area contributed by atoms with Crippen molar-refractivity contribution in [2.75, 3.05) is 19.8 Å². The zero-order valence-electron chi connectivity index (χ0n) is 18.0. The first-order valence-corrected chi connectivity index (χ1v) is 11.0. The Morgan fingerprint density at radius 1 is 1.26 bits per heavy atom. The van der Waals surface area contributed by atoms with Gasteiger partial charge in [0.1, 0.15) is 17.6 Å². The Morgan fingerprint density at radius 3 is 2.65 bits per heavy atom. The Kier molecular flexibility index (Phi) is 5.79. The predicted molar refractivity (Wildman–Crippen MR) is 111 cm³/mol. The van der Waals surface area contributed by atoms with Gasteiger partial charge in [-0.15, -0.1) is 0 Å². The predicted octanol–water partition coefficient (Wildman–Crippen LogP) is 1.01. The molecule has 168 valence electrons. The number of esters is 1. The SMILES string of the molecule is CCOC(=O)[C@@H]1[C@H]2C(=O)N(CCO)C(C(=O)NCc3ccccc3)C23CC[C@@]1(CC)O3. The molecular formula is C23H30N2O6. The van der Waals surface area contributed by atoms with Gasteiger partial charge in [-0.25, -0.2) is 0 Å². The highest BCUT2D eigenvalue weighted by molar-refractivity contribution is 5.98. The maximum Gasteiger partial charge on any atom is 0.312 e. The van der Waals surface area contributed by atoms with Crippen LogP contribution in [0, 0.1) is 11.8 Å². The molecule has 0 radical (unpaired) electrons. The standard InChI is InChI=1S/C23H30N2O6/c1-3-22-10-11-23(31-22)16(17(22)21(29)30-4-2)20(28)25(12-13-26)18(23)19(27)24-14-15-8-6-5-7-9-15/h5-9,16-18,26H,3-4,10-14H2,1-2H3,(H,24,27)/t16-,17-,18?,22+,23?/m0/s1. The lowest BCUT2D eigenvalue weighted by Gasteiger charge is -2.33. The summed E-state index contributed by atoms with van der Waals surface area (Å²) in [6, 6.07) is 8.61. The minimum atomic E-state index is -1.08. The number of fused-ring (bicyclic) bond motifs is 1. The molecule has 3 saturated heterocycles. The number of aliphatic hydroxyl groups excluding tert-OH is 1. The van der Waals surface area contributed by atoms with E-state index < -0.39 is 35.0 Å². The summed E-state index contributed by atoms with van der Waals surface area (Å²) in [7, 11) is 0. The number of nitrogens with one attached hydrogen (secondary N) is 1. The number of hydrogen-bond donors (Lipinski definition) is 2. The fourth-order valence-corrected chi connectivity index (χ4v) is 5.84. The molecule has 5 atom stereocenters. The lowest BCUT2D eigenvalue weighted by Crippen LogP contribution is -2.55. The molecule has 8 heteroatoms. The molecule has 3 fully saturated rings. The molecule has 3 aliphatic heterocycles. The van der Waals surface area contributed by atoms with Gasteiger partial charge in [0, 0.05) is 13.1 Å². The number of rotatable bonds is 8. The number of carbonyl (C=O) groups is 3. The van der Waals surface area contributed by atoms with E-state index in [9.17, 15) is 19.5 Å². The fraction of sp³-hybridized carbons (Fsp3) is 0.609. The third-order valence-electron chi connectivity index (χ3n) is 7.12. The Hall–Kier alpha value is -2.45. The highest BCUT2D eigenvalue weighted by atomic mass is 16.6. The quantitative estimate of drug-likeness (QED) is 0.597. The minimum absolute atomic E-state index is 0.0124. The fourth-order valence-electron chi connectivity index (χ4n) is 5.84. The second kappa shape index (κ2) is 8.24. The molecule has 1 aromatic carbocycles. The molecule has 1 aromatic rings. The van der Waals surface area contributed by atoms with Crippen LogP contribution in [0.4, 0.5) is 0 Å². The molecule has 0 aromatic heterocycles. The van der Waals surface area contributed by atoms with E-state index in [0.29, 0.717) is 25.8 Å². The van der Waals surface area contributed by atoms with Crippen molar-refractivity contribution in [2.24, 2.45) is 11.8 Å². The number of ether oxygens (including phenoxy) is 2. The second-order valence-electron chi connectivity index (χ2n) is 8.54. The number of nitrogens with zero attached hydrogens (tertiary/aromatic N) is 1. The monoisotopic (exact) mass is 430 g/mol. The Morgan fingerprint density at radius 2 is 2.00 bits per heavy atom. The highest BCUT2D eigenvalue weighted by Gasteiger charge is 2.78. The van der Waals surface area contributed by atoms with Gasteiger partial charge in [0.05, 0.1) is 24.7 Å². The Labute approximate surface area is 181 Å². The molecule has 8 nitrogen and oxygen atoms in total. The van der Waals surface area contributed by atoms with E-state index in [2.05, 4.69) is 5.32 Å². The third kappa shape index (κ3) is 3.24. The zero-order valence-corrected chi connectivity index (χ0v) is 18.0. The van der Waals surface area contributed by atoms with Crippen LogP contribution in [-0.4, -0.2) is 64.8 Å². The van der Waals surface area contributed by atoms with Crippen molar-refractivity contribution in [1.29, 1.82) is 0 Å². The summed E-state index contributed by atoms with van der Waals surface area (Å²) in [6.07, 6.45) is 1.66. The molecule has 2 amide bonds. The normalized spacial score (nSPS) is 33.5. The van der Waals surface area contributed by atoms with Gasteiger partial charge in [-0.3, -0.25) is 14.4 Å². The average Bonchev–Trinajstić information content (AvgIpc) is 3.37. The molecular weight excluding hydrogens is 400 g/mol. The van der Waals surface area contributed by atoms with E-state index in [1.54, 1.807) is 6.92 Å². The summed E-state index contributed by atoms with van der Waals surface area (Å²) in [5.41, 5.74) is -0.940. The molecule has 2 unspecified atom stereocenters. The topological polar surface area (TPSA) is 105 Å². The molecule has 31 heavy (non-hydrogen) atoms. The maximum atomic E-state index is 13.5. The van der Waals surface area contributed by atoms with Crippen LogP contribution in [-0.2, 0) is 30.4 Å². The van der Waals surface area contributed by atoms with Crippen LogP contribution in [0.15, 0.2) is 30.3 Å². The highest BCUT2D eigenvalue weighted by Crippen LogP contribution is 2.64. The first kappa shape index (κ1) is 21.8. The number of benzene rings is 1. The van der Waals surface area contributed by atoms with Crippen LogP contribution in [0.25, 0.3) is 0 Å². The van der Waals surface area contributed by atoms with Crippen molar-refractivity contribution in [3.63, 3.8) is 0 Å². The number of amides is 2. The molecule has 3 heterocycles. The van der Waals surface area contributed by atoms with Crippen LogP contribution in [0.5, 0.6) is 0 Å². The number of β-amino-alcohol motifs (C(OH)–C–C–N with tert-alkyl or cyclic N) is 1. The molecule has 1 spiro atoms. The Balaban J connectivity index is 1.67. The lowest BCUT2D eigenvalue weighted by molar-refractivity contribution is -0.160. The smallest absolute Gasteiger partial charge is 0.312 e. The zero-order chi connectivity index (χ0) is 22.2. The number of likely N-dealkylation sites (tertiary alicyclic amines) is 1. The summed E-state index contributed by atoms with van der Waals surface area (Å²) >= 11 is 0. The summed E-state index contributed by atoms with van der Waals surface area (Å²) in [6.45, 7) is 3.93. The van der Waals surface area contributed by atoms with Crippen molar-refractivity contribution < 1.29 is 29.0 Å². The number of carbonyl (C=O) groups excluding carboxylic acids is 3. The van der Waals surface area contributed by atoms with E-state index in [4.69, 9.17) is 9.47 Å². The summed E-state index contributed by atoms with van der Waals surface area (Å²) in [5, 5.41) is 12.5. The van der Waals surface area contributed by atoms with Crippen LogP contribution >= 0.6 is 0 Å². The van der Waals surface area contributed by atoms with Gasteiger partial charge in [0.15, 0.2) is 0 Å². The van der Waals surface area contributed by atoms with Crippen molar-refractivity contribution in [2.45, 2.75) is 56.9 Å². The average molecular weight is 431 g/mol. The number of aliphatic hydroxyl groups is 1. The minimum Gasteiger partial charge on any atom is -0.466 e. The van der Waals surface area contributed by atoms with Gasteiger partial charge in [-0.2, -0.15) is 0 Å². The van der Waals surface area contributed by atoms with Crippen LogP contribution < -0.4 is 5.32 Å². The van der Waals surface area contributed by atoms with Gasteiger partial charge in [-0.1, -0.05) is 37.3 Å². The molecule has 4 rings (SSSR count). The largest absolute Gasteiger partial charge is 0.466 e. The molecule has 0 aliphatic carbocycles. The van der Waals surface area contributed by atoms with E-state index in [1.807, 2.05) is 37.3 Å². The molecule has 2 N–H and O–H groups in total. The van der Waals surface area contributed by atoms with E-state index in [-0.39, 0.29) is 31.6 Å². The van der Waals surface area contributed by atoms with Gasteiger partial charge in [-0.05, 0) is 31.7 Å².